The predicted octanol–water partition coefficient (Wildman–Crippen LogP) is 3.15. The van der Waals surface area contributed by atoms with Gasteiger partial charge in [-0.2, -0.15) is 5.26 Å². The fourth-order valence-corrected chi connectivity index (χ4v) is 1.88. The van der Waals surface area contributed by atoms with Gasteiger partial charge in [-0.05, 0) is 30.3 Å². The lowest BCUT2D eigenvalue weighted by atomic mass is 10.2. The van der Waals surface area contributed by atoms with Crippen molar-refractivity contribution in [3.63, 3.8) is 0 Å². The summed E-state index contributed by atoms with van der Waals surface area (Å²) >= 11 is 5.91. The molecular formula is C13H7ClN4. The Kier molecular flexibility index (Phi) is 2.47. The van der Waals surface area contributed by atoms with Gasteiger partial charge in [-0.1, -0.05) is 11.6 Å². The van der Waals surface area contributed by atoms with Crippen molar-refractivity contribution in [3.8, 4) is 17.6 Å². The van der Waals surface area contributed by atoms with Crippen LogP contribution in [-0.4, -0.2) is 15.0 Å². The van der Waals surface area contributed by atoms with E-state index >= 15 is 0 Å². The molecule has 3 rings (SSSR count). The van der Waals surface area contributed by atoms with E-state index in [1.165, 1.54) is 6.20 Å². The van der Waals surface area contributed by atoms with E-state index in [0.29, 0.717) is 22.1 Å². The second-order valence-electron chi connectivity index (χ2n) is 3.79. The number of hydrogen-bond acceptors (Lipinski definition) is 3. The van der Waals surface area contributed by atoms with Crippen LogP contribution in [0.25, 0.3) is 22.6 Å². The maximum absolute atomic E-state index is 8.72. The van der Waals surface area contributed by atoms with Crippen LogP contribution in [0.3, 0.4) is 0 Å². The molecule has 0 bridgehead atoms. The van der Waals surface area contributed by atoms with Gasteiger partial charge in [-0.15, -0.1) is 0 Å². The zero-order valence-corrected chi connectivity index (χ0v) is 9.94. The van der Waals surface area contributed by atoms with Crippen molar-refractivity contribution in [3.05, 3.63) is 47.1 Å². The third kappa shape index (κ3) is 1.81. The highest BCUT2D eigenvalue weighted by molar-refractivity contribution is 6.31. The van der Waals surface area contributed by atoms with Crippen molar-refractivity contribution in [2.24, 2.45) is 0 Å². The number of aromatic nitrogens is 3. The monoisotopic (exact) mass is 254 g/mol. The fraction of sp³-hybridized carbons (Fsp3) is 0. The number of hydrogen-bond donors (Lipinski definition) is 1. The third-order valence-electron chi connectivity index (χ3n) is 2.58. The van der Waals surface area contributed by atoms with E-state index in [2.05, 4.69) is 15.0 Å². The first-order chi connectivity index (χ1) is 8.76. The molecule has 18 heavy (non-hydrogen) atoms. The molecule has 4 nitrogen and oxygen atoms in total. The second-order valence-corrected chi connectivity index (χ2v) is 4.23. The highest BCUT2D eigenvalue weighted by Gasteiger charge is 2.06. The quantitative estimate of drug-likeness (QED) is 0.725. The molecule has 0 radical (unpaired) electrons. The Morgan fingerprint density at radius 3 is 2.83 bits per heavy atom. The van der Waals surface area contributed by atoms with Gasteiger partial charge >= 0.3 is 0 Å². The number of nitrogens with zero attached hydrogens (tertiary/aromatic N) is 3. The van der Waals surface area contributed by atoms with Crippen LogP contribution in [0.4, 0.5) is 0 Å². The molecule has 86 valence electrons. The van der Waals surface area contributed by atoms with Crippen molar-refractivity contribution in [1.29, 1.82) is 5.26 Å². The van der Waals surface area contributed by atoms with Gasteiger partial charge in [0.25, 0.3) is 0 Å². The van der Waals surface area contributed by atoms with Crippen LogP contribution in [0, 0.1) is 11.3 Å². The SMILES string of the molecule is N#Cc1ccc(-c2nc3ccc(Cl)cc3[nH]2)nc1. The molecule has 0 spiro atoms. The second kappa shape index (κ2) is 4.13. The standard InChI is InChI=1S/C13H7ClN4/c14-9-2-4-10-12(5-9)18-13(17-10)11-3-1-8(6-15)7-16-11/h1-5,7H,(H,17,18). The molecule has 2 heterocycles. The summed E-state index contributed by atoms with van der Waals surface area (Å²) in [5, 5.41) is 9.37. The van der Waals surface area contributed by atoms with E-state index in [4.69, 9.17) is 16.9 Å². The summed E-state index contributed by atoms with van der Waals surface area (Å²) in [6.45, 7) is 0. The summed E-state index contributed by atoms with van der Waals surface area (Å²) < 4.78 is 0. The number of rotatable bonds is 1. The summed E-state index contributed by atoms with van der Waals surface area (Å²) in [7, 11) is 0. The first-order valence-corrected chi connectivity index (χ1v) is 5.66. The van der Waals surface area contributed by atoms with Crippen molar-refractivity contribution >= 4 is 22.6 Å². The Labute approximate surface area is 108 Å². The third-order valence-corrected chi connectivity index (χ3v) is 2.81. The molecule has 1 aromatic carbocycles. The number of imidazole rings is 1. The number of H-pyrrole nitrogens is 1. The summed E-state index contributed by atoms with van der Waals surface area (Å²) in [6.07, 6.45) is 1.52. The van der Waals surface area contributed by atoms with E-state index in [1.54, 1.807) is 18.2 Å². The van der Waals surface area contributed by atoms with Gasteiger partial charge in [0.05, 0.1) is 16.6 Å². The molecule has 0 aliphatic heterocycles. The lowest BCUT2D eigenvalue weighted by molar-refractivity contribution is 1.23. The number of halogens is 1. The largest absolute Gasteiger partial charge is 0.337 e. The van der Waals surface area contributed by atoms with Crippen molar-refractivity contribution in [2.45, 2.75) is 0 Å². The lowest BCUT2D eigenvalue weighted by Crippen LogP contribution is -1.86. The smallest absolute Gasteiger partial charge is 0.157 e. The first kappa shape index (κ1) is 10.8. The molecule has 0 unspecified atom stereocenters. The average Bonchev–Trinajstić information content (AvgIpc) is 2.81. The predicted molar refractivity (Wildman–Crippen MR) is 69.0 cm³/mol. The van der Waals surface area contributed by atoms with E-state index < -0.39 is 0 Å². The Bertz CT molecular complexity index is 753. The molecule has 0 aliphatic rings. The van der Waals surface area contributed by atoms with Gasteiger partial charge < -0.3 is 4.98 Å². The summed E-state index contributed by atoms with van der Waals surface area (Å²) in [5.74, 6) is 0.664. The van der Waals surface area contributed by atoms with Crippen molar-refractivity contribution in [1.82, 2.24) is 15.0 Å². The molecule has 2 aromatic heterocycles. The normalized spacial score (nSPS) is 10.4. The number of nitriles is 1. The number of benzene rings is 1. The molecule has 0 saturated carbocycles. The molecule has 0 fully saturated rings. The Morgan fingerprint density at radius 2 is 2.11 bits per heavy atom. The molecule has 1 N–H and O–H groups in total. The zero-order valence-electron chi connectivity index (χ0n) is 9.18. The lowest BCUT2D eigenvalue weighted by Gasteiger charge is -1.94. The maximum atomic E-state index is 8.72. The van der Waals surface area contributed by atoms with Gasteiger partial charge in [0.2, 0.25) is 0 Å². The number of aromatic amines is 1. The van der Waals surface area contributed by atoms with Crippen LogP contribution in [-0.2, 0) is 0 Å². The molecular weight excluding hydrogens is 248 g/mol. The van der Waals surface area contributed by atoms with Crippen LogP contribution in [0.5, 0.6) is 0 Å². The molecule has 0 saturated heterocycles. The fourth-order valence-electron chi connectivity index (χ4n) is 1.70. The first-order valence-electron chi connectivity index (χ1n) is 5.28. The van der Waals surface area contributed by atoms with Crippen LogP contribution in [0.15, 0.2) is 36.5 Å². The number of fused-ring (bicyclic) bond motifs is 1. The van der Waals surface area contributed by atoms with E-state index in [9.17, 15) is 0 Å². The van der Waals surface area contributed by atoms with Crippen LogP contribution in [0.1, 0.15) is 5.56 Å². The molecule has 0 amide bonds. The Balaban J connectivity index is 2.10. The van der Waals surface area contributed by atoms with Crippen LogP contribution >= 0.6 is 11.6 Å². The van der Waals surface area contributed by atoms with Gasteiger partial charge in [0.1, 0.15) is 11.8 Å². The molecule has 0 aliphatic carbocycles. The maximum Gasteiger partial charge on any atom is 0.157 e. The van der Waals surface area contributed by atoms with Gasteiger partial charge in [-0.3, -0.25) is 4.98 Å². The average molecular weight is 255 g/mol. The van der Waals surface area contributed by atoms with E-state index in [-0.39, 0.29) is 0 Å². The summed E-state index contributed by atoms with van der Waals surface area (Å²) in [6, 6.07) is 11.0. The van der Waals surface area contributed by atoms with Gasteiger partial charge in [0, 0.05) is 11.2 Å². The zero-order chi connectivity index (χ0) is 12.5. The number of nitrogens with one attached hydrogen (secondary N) is 1. The Hall–Kier alpha value is -2.38. The minimum Gasteiger partial charge on any atom is -0.337 e. The van der Waals surface area contributed by atoms with Crippen LogP contribution in [0.2, 0.25) is 5.02 Å². The molecule has 0 atom stereocenters. The van der Waals surface area contributed by atoms with E-state index in [1.807, 2.05) is 18.2 Å². The van der Waals surface area contributed by atoms with Crippen molar-refractivity contribution < 1.29 is 0 Å². The topological polar surface area (TPSA) is 65.4 Å². The van der Waals surface area contributed by atoms with Crippen LogP contribution < -0.4 is 0 Å². The summed E-state index contributed by atoms with van der Waals surface area (Å²) in [5.41, 5.74) is 2.92. The minimum absolute atomic E-state index is 0.526. The van der Waals surface area contributed by atoms with E-state index in [0.717, 1.165) is 11.0 Å². The molecule has 5 heteroatoms. The highest BCUT2D eigenvalue weighted by atomic mass is 35.5. The molecule has 3 aromatic rings. The van der Waals surface area contributed by atoms with Gasteiger partial charge in [-0.25, -0.2) is 4.98 Å². The van der Waals surface area contributed by atoms with Gasteiger partial charge in [0.15, 0.2) is 5.82 Å². The highest BCUT2D eigenvalue weighted by Crippen LogP contribution is 2.21. The Morgan fingerprint density at radius 1 is 1.22 bits per heavy atom. The summed E-state index contributed by atoms with van der Waals surface area (Å²) in [4.78, 5) is 11.8. The minimum atomic E-state index is 0.526. The number of pyridine rings is 1. The van der Waals surface area contributed by atoms with Crippen molar-refractivity contribution in [2.75, 3.05) is 0 Å².